The Hall–Kier alpha value is -1.13. The largest absolute Gasteiger partial charge is 0.497 e. The highest BCUT2D eigenvalue weighted by atomic mass is 16.5. The van der Waals surface area contributed by atoms with Crippen molar-refractivity contribution in [1.82, 2.24) is 15.2 Å². The van der Waals surface area contributed by atoms with Crippen LogP contribution in [-0.4, -0.2) is 41.7 Å². The summed E-state index contributed by atoms with van der Waals surface area (Å²) in [4.78, 5) is 7.34. The summed E-state index contributed by atoms with van der Waals surface area (Å²) in [6.07, 6.45) is 2.74. The number of hydrogen-bond donors (Lipinski definition) is 1. The van der Waals surface area contributed by atoms with Crippen LogP contribution in [0.25, 0.3) is 0 Å². The van der Waals surface area contributed by atoms with E-state index in [1.54, 1.807) is 7.11 Å². The highest BCUT2D eigenvalue weighted by Crippen LogP contribution is 2.44. The molecule has 0 bridgehead atoms. The number of methoxy groups -OCH3 is 1. The van der Waals surface area contributed by atoms with Crippen molar-refractivity contribution in [2.24, 2.45) is 5.92 Å². The van der Waals surface area contributed by atoms with Gasteiger partial charge in [0, 0.05) is 49.0 Å². The van der Waals surface area contributed by atoms with E-state index in [0.29, 0.717) is 6.04 Å². The van der Waals surface area contributed by atoms with E-state index < -0.39 is 0 Å². The SMILES string of the molecule is COc1cc(C)nc(CN2CC(C)NCC2(C)C2CC2)c1. The summed E-state index contributed by atoms with van der Waals surface area (Å²) in [5.41, 5.74) is 2.42. The minimum atomic E-state index is 0.269. The van der Waals surface area contributed by atoms with Crippen molar-refractivity contribution in [2.75, 3.05) is 20.2 Å². The van der Waals surface area contributed by atoms with Gasteiger partial charge in [0.1, 0.15) is 5.75 Å². The first kappa shape index (κ1) is 14.8. The molecule has 2 aliphatic rings. The molecule has 1 aliphatic carbocycles. The fourth-order valence-corrected chi connectivity index (χ4v) is 3.55. The second kappa shape index (κ2) is 5.58. The highest BCUT2D eigenvalue weighted by Gasteiger charge is 2.47. The Morgan fingerprint density at radius 2 is 2.19 bits per heavy atom. The van der Waals surface area contributed by atoms with Crippen LogP contribution in [0.15, 0.2) is 12.1 Å². The summed E-state index contributed by atoms with van der Waals surface area (Å²) >= 11 is 0. The van der Waals surface area contributed by atoms with Gasteiger partial charge in [-0.1, -0.05) is 0 Å². The van der Waals surface area contributed by atoms with Crippen molar-refractivity contribution in [1.29, 1.82) is 0 Å². The van der Waals surface area contributed by atoms with Crippen LogP contribution < -0.4 is 10.1 Å². The van der Waals surface area contributed by atoms with Crippen molar-refractivity contribution in [2.45, 2.75) is 51.7 Å². The van der Waals surface area contributed by atoms with Gasteiger partial charge in [-0.25, -0.2) is 0 Å². The molecule has 1 N–H and O–H groups in total. The maximum absolute atomic E-state index is 5.39. The standard InChI is InChI=1S/C17H27N3O/c1-12-7-16(21-4)8-15(19-12)10-20-9-13(2)18-11-17(20,3)14-5-6-14/h7-8,13-14,18H,5-6,9-11H2,1-4H3. The molecule has 2 atom stereocenters. The summed E-state index contributed by atoms with van der Waals surface area (Å²) < 4.78 is 5.39. The molecular formula is C17H27N3O. The number of aromatic nitrogens is 1. The first-order chi connectivity index (χ1) is 10.0. The summed E-state index contributed by atoms with van der Waals surface area (Å²) in [6, 6.07) is 4.61. The number of ether oxygens (including phenoxy) is 1. The molecule has 1 aliphatic heterocycles. The molecule has 0 aromatic carbocycles. The summed E-state index contributed by atoms with van der Waals surface area (Å²) in [5, 5.41) is 3.66. The maximum atomic E-state index is 5.39. The molecule has 0 amide bonds. The third kappa shape index (κ3) is 3.06. The quantitative estimate of drug-likeness (QED) is 0.923. The zero-order chi connectivity index (χ0) is 15.0. The van der Waals surface area contributed by atoms with Crippen molar-refractivity contribution in [3.8, 4) is 5.75 Å². The average Bonchev–Trinajstić information content (AvgIpc) is 3.27. The van der Waals surface area contributed by atoms with Crippen molar-refractivity contribution in [3.05, 3.63) is 23.5 Å². The molecule has 0 radical (unpaired) electrons. The molecule has 1 saturated heterocycles. The van der Waals surface area contributed by atoms with E-state index in [4.69, 9.17) is 9.72 Å². The Morgan fingerprint density at radius 1 is 1.43 bits per heavy atom. The van der Waals surface area contributed by atoms with Gasteiger partial charge in [-0.3, -0.25) is 9.88 Å². The smallest absolute Gasteiger partial charge is 0.122 e. The number of nitrogens with one attached hydrogen (secondary N) is 1. The van der Waals surface area contributed by atoms with Crippen LogP contribution in [0.2, 0.25) is 0 Å². The summed E-state index contributed by atoms with van der Waals surface area (Å²) in [5.74, 6) is 1.75. The Balaban J connectivity index is 1.82. The fraction of sp³-hybridized carbons (Fsp3) is 0.706. The van der Waals surface area contributed by atoms with Crippen LogP contribution in [0, 0.1) is 12.8 Å². The van der Waals surface area contributed by atoms with Gasteiger partial charge >= 0.3 is 0 Å². The average molecular weight is 289 g/mol. The van der Waals surface area contributed by atoms with E-state index >= 15 is 0 Å². The Bertz CT molecular complexity index is 515. The number of aryl methyl sites for hydroxylation is 1. The van der Waals surface area contributed by atoms with Gasteiger partial charge in [0.2, 0.25) is 0 Å². The van der Waals surface area contributed by atoms with Gasteiger partial charge in [-0.2, -0.15) is 0 Å². The first-order valence-corrected chi connectivity index (χ1v) is 8.01. The summed E-state index contributed by atoms with van der Waals surface area (Å²) in [7, 11) is 1.72. The van der Waals surface area contributed by atoms with Crippen LogP contribution in [0.4, 0.5) is 0 Å². The molecule has 2 heterocycles. The van der Waals surface area contributed by atoms with Crippen LogP contribution >= 0.6 is 0 Å². The lowest BCUT2D eigenvalue weighted by atomic mass is 9.89. The van der Waals surface area contributed by atoms with Crippen LogP contribution in [0.3, 0.4) is 0 Å². The lowest BCUT2D eigenvalue weighted by Gasteiger charge is -2.48. The molecule has 1 aromatic rings. The van der Waals surface area contributed by atoms with Crippen LogP contribution in [-0.2, 0) is 6.54 Å². The van der Waals surface area contributed by atoms with Crippen LogP contribution in [0.5, 0.6) is 5.75 Å². The minimum Gasteiger partial charge on any atom is -0.497 e. The predicted molar refractivity (Wildman–Crippen MR) is 84.5 cm³/mol. The van der Waals surface area contributed by atoms with Crippen LogP contribution in [0.1, 0.15) is 38.1 Å². The number of hydrogen-bond acceptors (Lipinski definition) is 4. The molecule has 4 nitrogen and oxygen atoms in total. The van der Waals surface area contributed by atoms with Gasteiger partial charge in [-0.05, 0) is 39.5 Å². The molecule has 1 aromatic heterocycles. The van der Waals surface area contributed by atoms with E-state index in [2.05, 4.69) is 30.1 Å². The number of nitrogens with zero attached hydrogens (tertiary/aromatic N) is 2. The van der Waals surface area contributed by atoms with Gasteiger partial charge in [0.25, 0.3) is 0 Å². The monoisotopic (exact) mass is 289 g/mol. The molecule has 2 fully saturated rings. The molecule has 2 unspecified atom stereocenters. The second-order valence-electron chi connectivity index (χ2n) is 6.93. The maximum Gasteiger partial charge on any atom is 0.122 e. The van der Waals surface area contributed by atoms with Gasteiger partial charge < -0.3 is 10.1 Å². The second-order valence-corrected chi connectivity index (χ2v) is 6.93. The van der Waals surface area contributed by atoms with E-state index in [9.17, 15) is 0 Å². The lowest BCUT2D eigenvalue weighted by molar-refractivity contribution is 0.0301. The first-order valence-electron chi connectivity index (χ1n) is 8.01. The molecular weight excluding hydrogens is 262 g/mol. The number of piperazine rings is 1. The lowest BCUT2D eigenvalue weighted by Crippen LogP contribution is -2.63. The fourth-order valence-electron chi connectivity index (χ4n) is 3.55. The van der Waals surface area contributed by atoms with Gasteiger partial charge in [-0.15, -0.1) is 0 Å². The number of rotatable bonds is 4. The van der Waals surface area contributed by atoms with E-state index in [0.717, 1.165) is 42.7 Å². The Kier molecular flexibility index (Phi) is 3.93. The summed E-state index contributed by atoms with van der Waals surface area (Å²) in [6.45, 7) is 9.80. The molecule has 0 spiro atoms. The Labute approximate surface area is 127 Å². The zero-order valence-electron chi connectivity index (χ0n) is 13.6. The molecule has 116 valence electrons. The van der Waals surface area contributed by atoms with E-state index in [-0.39, 0.29) is 5.54 Å². The van der Waals surface area contributed by atoms with E-state index in [1.165, 1.54) is 12.8 Å². The minimum absolute atomic E-state index is 0.269. The van der Waals surface area contributed by atoms with Crippen molar-refractivity contribution >= 4 is 0 Å². The van der Waals surface area contributed by atoms with Crippen molar-refractivity contribution < 1.29 is 4.74 Å². The predicted octanol–water partition coefficient (Wildman–Crippen LogP) is 2.36. The van der Waals surface area contributed by atoms with E-state index in [1.807, 2.05) is 13.0 Å². The van der Waals surface area contributed by atoms with Gasteiger partial charge in [0.05, 0.1) is 12.8 Å². The normalized spacial score (nSPS) is 30.4. The zero-order valence-corrected chi connectivity index (χ0v) is 13.6. The molecule has 4 heteroatoms. The Morgan fingerprint density at radius 3 is 2.86 bits per heavy atom. The molecule has 1 saturated carbocycles. The number of pyridine rings is 1. The molecule has 21 heavy (non-hydrogen) atoms. The third-order valence-corrected chi connectivity index (χ3v) is 5.05. The molecule has 3 rings (SSSR count). The third-order valence-electron chi connectivity index (χ3n) is 5.05. The topological polar surface area (TPSA) is 37.4 Å². The highest BCUT2D eigenvalue weighted by molar-refractivity contribution is 5.27. The van der Waals surface area contributed by atoms with Crippen molar-refractivity contribution in [3.63, 3.8) is 0 Å². The van der Waals surface area contributed by atoms with Gasteiger partial charge in [0.15, 0.2) is 0 Å².